The number of ketones is 1. The maximum absolute atomic E-state index is 11.9. The second-order valence-corrected chi connectivity index (χ2v) is 3.49. The zero-order chi connectivity index (χ0) is 11.6. The molecule has 7 heteroatoms. The van der Waals surface area contributed by atoms with Crippen molar-refractivity contribution in [3.8, 4) is 0 Å². The fourth-order valence-electron chi connectivity index (χ4n) is 0.868. The van der Waals surface area contributed by atoms with Crippen molar-refractivity contribution in [3.05, 3.63) is 28.0 Å². The van der Waals surface area contributed by atoms with E-state index in [9.17, 15) is 18.0 Å². The van der Waals surface area contributed by atoms with E-state index >= 15 is 0 Å². The molecular formula is C8H4Cl2F3NO. The average Bonchev–Trinajstić information content (AvgIpc) is 2.09. The van der Waals surface area contributed by atoms with Crippen LogP contribution in [0.5, 0.6) is 0 Å². The molecular weight excluding hydrogens is 254 g/mol. The van der Waals surface area contributed by atoms with Crippen molar-refractivity contribution in [3.63, 3.8) is 0 Å². The first kappa shape index (κ1) is 12.3. The maximum atomic E-state index is 11.9. The molecule has 0 N–H and O–H groups in total. The minimum atomic E-state index is -4.88. The molecule has 82 valence electrons. The number of carbonyl (C=O) groups is 1. The molecule has 1 rings (SSSR count). The summed E-state index contributed by atoms with van der Waals surface area (Å²) in [5.41, 5.74) is -0.0596. The number of Topliss-reactive ketones (excluding diaryl/α,β-unsaturated/α-hetero) is 1. The number of hydrogen-bond donors (Lipinski definition) is 0. The minimum Gasteiger partial charge on any atom is -0.289 e. The molecule has 1 aromatic heterocycles. The van der Waals surface area contributed by atoms with E-state index in [1.165, 1.54) is 0 Å². The summed E-state index contributed by atoms with van der Waals surface area (Å²) >= 11 is 11.1. The number of alkyl halides is 3. The van der Waals surface area contributed by atoms with Gasteiger partial charge in [0.05, 0.1) is 10.0 Å². The first-order valence-electron chi connectivity index (χ1n) is 3.70. The van der Waals surface area contributed by atoms with E-state index in [4.69, 9.17) is 23.2 Å². The lowest BCUT2D eigenvalue weighted by atomic mass is 10.1. The fourth-order valence-corrected chi connectivity index (χ4v) is 1.37. The molecule has 0 radical (unpaired) electrons. The highest BCUT2D eigenvalue weighted by molar-refractivity contribution is 6.36. The Labute approximate surface area is 93.0 Å². The highest BCUT2D eigenvalue weighted by atomic mass is 35.5. The Morgan fingerprint density at radius 3 is 2.13 bits per heavy atom. The summed E-state index contributed by atoms with van der Waals surface area (Å²) in [4.78, 5) is 14.2. The summed E-state index contributed by atoms with van der Waals surface area (Å²) in [6.07, 6.45) is -3.49. The summed E-state index contributed by atoms with van der Waals surface area (Å²) in [5.74, 6) is -1.89. The Bertz CT molecular complexity index is 372. The summed E-state index contributed by atoms with van der Waals surface area (Å²) in [5, 5.41) is -0.111. The van der Waals surface area contributed by atoms with Crippen LogP contribution in [0.4, 0.5) is 13.2 Å². The van der Waals surface area contributed by atoms with Gasteiger partial charge in [-0.2, -0.15) is 13.2 Å². The SMILES string of the molecule is O=C(Cc1c(Cl)cncc1Cl)C(F)(F)F. The highest BCUT2D eigenvalue weighted by Crippen LogP contribution is 2.26. The monoisotopic (exact) mass is 257 g/mol. The van der Waals surface area contributed by atoms with E-state index in [2.05, 4.69) is 4.98 Å². The number of rotatable bonds is 2. The van der Waals surface area contributed by atoms with E-state index in [0.717, 1.165) is 12.4 Å². The van der Waals surface area contributed by atoms with Crippen LogP contribution in [0, 0.1) is 0 Å². The second-order valence-electron chi connectivity index (χ2n) is 2.68. The molecule has 0 unspecified atom stereocenters. The summed E-state index contributed by atoms with van der Waals surface area (Å²) in [7, 11) is 0. The predicted molar refractivity (Wildman–Crippen MR) is 49.0 cm³/mol. The van der Waals surface area contributed by atoms with Gasteiger partial charge in [0.25, 0.3) is 0 Å². The van der Waals surface area contributed by atoms with Crippen molar-refractivity contribution in [1.29, 1.82) is 0 Å². The quantitative estimate of drug-likeness (QED) is 0.815. The van der Waals surface area contributed by atoms with Gasteiger partial charge in [-0.25, -0.2) is 0 Å². The first-order valence-corrected chi connectivity index (χ1v) is 4.46. The molecule has 0 aliphatic heterocycles. The van der Waals surface area contributed by atoms with Crippen LogP contribution in [0.2, 0.25) is 10.0 Å². The third kappa shape index (κ3) is 3.07. The van der Waals surface area contributed by atoms with E-state index in [-0.39, 0.29) is 15.6 Å². The summed E-state index contributed by atoms with van der Waals surface area (Å²) in [6.45, 7) is 0. The van der Waals surface area contributed by atoms with E-state index in [1.54, 1.807) is 0 Å². The zero-order valence-electron chi connectivity index (χ0n) is 7.11. The molecule has 1 heterocycles. The molecule has 15 heavy (non-hydrogen) atoms. The molecule has 0 spiro atoms. The van der Waals surface area contributed by atoms with Crippen LogP contribution in [-0.2, 0) is 11.2 Å². The summed E-state index contributed by atoms with van der Waals surface area (Å²) < 4.78 is 35.8. The second kappa shape index (κ2) is 4.37. The number of aromatic nitrogens is 1. The number of hydrogen-bond acceptors (Lipinski definition) is 2. The van der Waals surface area contributed by atoms with Crippen molar-refractivity contribution >= 4 is 29.0 Å². The Morgan fingerprint density at radius 2 is 1.73 bits per heavy atom. The minimum absolute atomic E-state index is 0.0555. The lowest BCUT2D eigenvalue weighted by Crippen LogP contribution is -2.24. The van der Waals surface area contributed by atoms with Gasteiger partial charge in [-0.3, -0.25) is 9.78 Å². The number of halogens is 5. The Balaban J connectivity index is 2.95. The molecule has 1 aromatic rings. The molecule has 2 nitrogen and oxygen atoms in total. The van der Waals surface area contributed by atoms with Crippen molar-refractivity contribution in [2.45, 2.75) is 12.6 Å². The maximum Gasteiger partial charge on any atom is 0.450 e. The highest BCUT2D eigenvalue weighted by Gasteiger charge is 2.38. The van der Waals surface area contributed by atoms with Crippen molar-refractivity contribution in [1.82, 2.24) is 4.98 Å². The Kier molecular flexibility index (Phi) is 3.57. The normalized spacial score (nSPS) is 11.5. The molecule has 0 atom stereocenters. The molecule has 0 aliphatic carbocycles. The molecule has 0 bridgehead atoms. The van der Waals surface area contributed by atoms with Crippen LogP contribution >= 0.6 is 23.2 Å². The van der Waals surface area contributed by atoms with Gasteiger partial charge in [0.1, 0.15) is 0 Å². The molecule has 0 saturated carbocycles. The number of pyridine rings is 1. The lowest BCUT2D eigenvalue weighted by Gasteiger charge is -2.07. The van der Waals surface area contributed by atoms with Gasteiger partial charge in [0.15, 0.2) is 0 Å². The third-order valence-corrected chi connectivity index (χ3v) is 2.26. The lowest BCUT2D eigenvalue weighted by molar-refractivity contribution is -0.170. The molecule has 0 saturated heterocycles. The number of carbonyl (C=O) groups excluding carboxylic acids is 1. The Morgan fingerprint density at radius 1 is 1.27 bits per heavy atom. The predicted octanol–water partition coefficient (Wildman–Crippen LogP) is 3.06. The van der Waals surface area contributed by atoms with Crippen molar-refractivity contribution < 1.29 is 18.0 Å². The van der Waals surface area contributed by atoms with E-state index in [1.807, 2.05) is 0 Å². The van der Waals surface area contributed by atoms with Gasteiger partial charge in [-0.05, 0) is 0 Å². The zero-order valence-corrected chi connectivity index (χ0v) is 8.62. The van der Waals surface area contributed by atoms with Gasteiger partial charge in [0, 0.05) is 24.4 Å². The van der Waals surface area contributed by atoms with Gasteiger partial charge >= 0.3 is 6.18 Å². The molecule has 0 fully saturated rings. The van der Waals surface area contributed by atoms with Crippen LogP contribution in [0.25, 0.3) is 0 Å². The average molecular weight is 258 g/mol. The van der Waals surface area contributed by atoms with Gasteiger partial charge in [0.2, 0.25) is 5.78 Å². The summed E-state index contributed by atoms with van der Waals surface area (Å²) in [6, 6.07) is 0. The standard InChI is InChI=1S/C8H4Cl2F3NO/c9-5-2-14-3-6(10)4(5)1-7(15)8(11,12)13/h2-3H,1H2. The Hall–Kier alpha value is -0.810. The number of nitrogens with zero attached hydrogens (tertiary/aromatic N) is 1. The van der Waals surface area contributed by atoms with Crippen LogP contribution in [0.15, 0.2) is 12.4 Å². The third-order valence-electron chi connectivity index (χ3n) is 1.61. The van der Waals surface area contributed by atoms with Crippen LogP contribution in [-0.4, -0.2) is 16.9 Å². The van der Waals surface area contributed by atoms with Crippen LogP contribution < -0.4 is 0 Å². The van der Waals surface area contributed by atoms with Crippen LogP contribution in [0.1, 0.15) is 5.56 Å². The first-order chi connectivity index (χ1) is 6.82. The van der Waals surface area contributed by atoms with Gasteiger partial charge < -0.3 is 0 Å². The molecule has 0 aromatic carbocycles. The van der Waals surface area contributed by atoms with Crippen LogP contribution in [0.3, 0.4) is 0 Å². The van der Waals surface area contributed by atoms with Gasteiger partial charge in [-0.1, -0.05) is 23.2 Å². The van der Waals surface area contributed by atoms with E-state index in [0.29, 0.717) is 0 Å². The molecule has 0 amide bonds. The largest absolute Gasteiger partial charge is 0.450 e. The van der Waals surface area contributed by atoms with Gasteiger partial charge in [-0.15, -0.1) is 0 Å². The van der Waals surface area contributed by atoms with Crippen molar-refractivity contribution in [2.75, 3.05) is 0 Å². The topological polar surface area (TPSA) is 30.0 Å². The van der Waals surface area contributed by atoms with Crippen molar-refractivity contribution in [2.24, 2.45) is 0 Å². The molecule has 0 aliphatic rings. The smallest absolute Gasteiger partial charge is 0.289 e. The fraction of sp³-hybridized carbons (Fsp3) is 0.250. The van der Waals surface area contributed by atoms with E-state index < -0.39 is 18.4 Å².